The number of para-hydroxylation sites is 1. The zero-order chi connectivity index (χ0) is 25.3. The van der Waals surface area contributed by atoms with Crippen molar-refractivity contribution in [3.63, 3.8) is 0 Å². The van der Waals surface area contributed by atoms with Gasteiger partial charge in [0, 0.05) is 25.9 Å². The predicted octanol–water partition coefficient (Wildman–Crippen LogP) is 7.02. The van der Waals surface area contributed by atoms with E-state index in [1.54, 1.807) is 0 Å². The van der Waals surface area contributed by atoms with Gasteiger partial charge in [0.1, 0.15) is 11.6 Å². The van der Waals surface area contributed by atoms with Crippen LogP contribution in [-0.2, 0) is 17.6 Å². The standard InChI is InChI=1S/C31H41N3O2/c1-34(2)30-27-15-6-7-16-28(27)32-29(33-30)17-9-12-24-20-18-23(19-21-24)10-4-5-11-25-13-8-14-26(22-25)31(35)36-3/h6-8,13-16,22-24H,4-5,9-12,17-21H2,1-3H3. The number of hydrogen-bond acceptors (Lipinski definition) is 5. The maximum Gasteiger partial charge on any atom is 0.337 e. The van der Waals surface area contributed by atoms with Crippen LogP contribution in [0.4, 0.5) is 5.82 Å². The van der Waals surface area contributed by atoms with E-state index in [1.165, 1.54) is 70.5 Å². The minimum atomic E-state index is -0.253. The number of methoxy groups -OCH3 is 1. The molecular formula is C31H41N3O2. The quantitative estimate of drug-likeness (QED) is 0.215. The molecule has 0 aliphatic heterocycles. The lowest BCUT2D eigenvalue weighted by Crippen LogP contribution is -2.15. The molecule has 1 fully saturated rings. The molecule has 2 aromatic carbocycles. The highest BCUT2D eigenvalue weighted by Crippen LogP contribution is 2.34. The Morgan fingerprint density at radius 2 is 1.61 bits per heavy atom. The number of nitrogens with zero attached hydrogens (tertiary/aromatic N) is 3. The molecule has 3 aromatic rings. The molecule has 5 heteroatoms. The number of unbranched alkanes of at least 4 members (excludes halogenated alkanes) is 1. The van der Waals surface area contributed by atoms with E-state index in [1.807, 2.05) is 18.2 Å². The normalized spacial score (nSPS) is 17.8. The first-order valence-electron chi connectivity index (χ1n) is 13.6. The van der Waals surface area contributed by atoms with Crippen LogP contribution in [-0.4, -0.2) is 37.1 Å². The van der Waals surface area contributed by atoms with Crippen molar-refractivity contribution in [1.82, 2.24) is 9.97 Å². The third-order valence-corrected chi connectivity index (χ3v) is 7.71. The summed E-state index contributed by atoms with van der Waals surface area (Å²) in [7, 11) is 5.54. The van der Waals surface area contributed by atoms with E-state index in [4.69, 9.17) is 14.7 Å². The minimum Gasteiger partial charge on any atom is -0.465 e. The first-order chi connectivity index (χ1) is 17.5. The van der Waals surface area contributed by atoms with Crippen molar-refractivity contribution in [3.05, 3.63) is 65.5 Å². The van der Waals surface area contributed by atoms with Crippen molar-refractivity contribution in [2.45, 2.75) is 70.6 Å². The van der Waals surface area contributed by atoms with Crippen LogP contribution in [0.2, 0.25) is 0 Å². The number of ether oxygens (including phenoxy) is 1. The van der Waals surface area contributed by atoms with Crippen LogP contribution < -0.4 is 4.90 Å². The summed E-state index contributed by atoms with van der Waals surface area (Å²) in [6.07, 6.45) is 13.7. The van der Waals surface area contributed by atoms with Gasteiger partial charge in [-0.2, -0.15) is 0 Å². The monoisotopic (exact) mass is 487 g/mol. The van der Waals surface area contributed by atoms with Crippen molar-refractivity contribution < 1.29 is 9.53 Å². The highest BCUT2D eigenvalue weighted by Gasteiger charge is 2.21. The van der Waals surface area contributed by atoms with Crippen LogP contribution in [0.3, 0.4) is 0 Å². The van der Waals surface area contributed by atoms with Gasteiger partial charge >= 0.3 is 5.97 Å². The number of fused-ring (bicyclic) bond motifs is 1. The summed E-state index contributed by atoms with van der Waals surface area (Å²) >= 11 is 0. The first kappa shape index (κ1) is 26.1. The van der Waals surface area contributed by atoms with Gasteiger partial charge in [0.15, 0.2) is 0 Å². The van der Waals surface area contributed by atoms with Crippen molar-refractivity contribution in [2.24, 2.45) is 11.8 Å². The molecule has 36 heavy (non-hydrogen) atoms. The van der Waals surface area contributed by atoms with Crippen LogP contribution in [0.15, 0.2) is 48.5 Å². The Balaban J connectivity index is 1.15. The van der Waals surface area contributed by atoms with Gasteiger partial charge in [0.05, 0.1) is 18.2 Å². The van der Waals surface area contributed by atoms with E-state index in [9.17, 15) is 4.79 Å². The summed E-state index contributed by atoms with van der Waals surface area (Å²) in [4.78, 5) is 23.5. The maximum absolute atomic E-state index is 11.7. The average molecular weight is 488 g/mol. The molecule has 1 heterocycles. The van der Waals surface area contributed by atoms with Crippen molar-refractivity contribution in [3.8, 4) is 0 Å². The fraction of sp³-hybridized carbons (Fsp3) is 0.516. The topological polar surface area (TPSA) is 55.3 Å². The molecule has 0 spiro atoms. The molecule has 1 saturated carbocycles. The number of rotatable bonds is 11. The molecule has 1 aromatic heterocycles. The molecule has 0 saturated heterocycles. The predicted molar refractivity (Wildman–Crippen MR) is 148 cm³/mol. The van der Waals surface area contributed by atoms with Gasteiger partial charge in [0.25, 0.3) is 0 Å². The van der Waals surface area contributed by atoms with E-state index in [0.717, 1.165) is 47.2 Å². The van der Waals surface area contributed by atoms with E-state index in [2.05, 4.69) is 49.3 Å². The highest BCUT2D eigenvalue weighted by atomic mass is 16.5. The van der Waals surface area contributed by atoms with E-state index in [-0.39, 0.29) is 5.97 Å². The van der Waals surface area contributed by atoms with Crippen LogP contribution >= 0.6 is 0 Å². The Kier molecular flexibility index (Phi) is 9.32. The summed E-state index contributed by atoms with van der Waals surface area (Å²) < 4.78 is 4.83. The number of benzene rings is 2. The van der Waals surface area contributed by atoms with Gasteiger partial charge in [-0.25, -0.2) is 14.8 Å². The summed E-state index contributed by atoms with van der Waals surface area (Å²) in [5, 5.41) is 1.12. The Morgan fingerprint density at radius 3 is 2.33 bits per heavy atom. The molecule has 1 aliphatic rings. The van der Waals surface area contributed by atoms with E-state index >= 15 is 0 Å². The van der Waals surface area contributed by atoms with Crippen molar-refractivity contribution in [1.29, 1.82) is 0 Å². The number of aryl methyl sites for hydroxylation is 2. The Labute approximate surface area is 216 Å². The van der Waals surface area contributed by atoms with Gasteiger partial charge in [-0.1, -0.05) is 69.2 Å². The average Bonchev–Trinajstić information content (AvgIpc) is 2.91. The largest absolute Gasteiger partial charge is 0.465 e. The molecule has 0 N–H and O–H groups in total. The second kappa shape index (κ2) is 12.8. The smallest absolute Gasteiger partial charge is 0.337 e. The fourth-order valence-corrected chi connectivity index (χ4v) is 5.65. The number of esters is 1. The molecule has 0 unspecified atom stereocenters. The molecule has 0 radical (unpaired) electrons. The second-order valence-electron chi connectivity index (χ2n) is 10.6. The number of hydrogen-bond donors (Lipinski definition) is 0. The number of carbonyl (C=O) groups is 1. The summed E-state index contributed by atoms with van der Waals surface area (Å²) in [5.41, 5.74) is 2.93. The maximum atomic E-state index is 11.7. The molecule has 4 rings (SSSR count). The zero-order valence-electron chi connectivity index (χ0n) is 22.2. The SMILES string of the molecule is COC(=O)c1cccc(CCCCC2CCC(CCCc3nc(N(C)C)c4ccccc4n3)CC2)c1. The number of aromatic nitrogens is 2. The Bertz CT molecular complexity index is 1140. The molecule has 192 valence electrons. The molecule has 5 nitrogen and oxygen atoms in total. The van der Waals surface area contributed by atoms with Gasteiger partial charge in [0.2, 0.25) is 0 Å². The van der Waals surface area contributed by atoms with Gasteiger partial charge in [-0.3, -0.25) is 0 Å². The molecular weight excluding hydrogens is 446 g/mol. The third-order valence-electron chi connectivity index (χ3n) is 7.71. The van der Waals surface area contributed by atoms with Gasteiger partial charge < -0.3 is 9.64 Å². The fourth-order valence-electron chi connectivity index (χ4n) is 5.65. The van der Waals surface area contributed by atoms with Gasteiger partial charge in [-0.05, 0) is 60.9 Å². The van der Waals surface area contributed by atoms with Crippen molar-refractivity contribution >= 4 is 22.7 Å². The van der Waals surface area contributed by atoms with Crippen LogP contribution in [0.1, 0.15) is 79.5 Å². The minimum absolute atomic E-state index is 0.253. The summed E-state index contributed by atoms with van der Waals surface area (Å²) in [6.45, 7) is 0. The van der Waals surface area contributed by atoms with Crippen molar-refractivity contribution in [2.75, 3.05) is 26.1 Å². The molecule has 1 aliphatic carbocycles. The van der Waals surface area contributed by atoms with Crippen LogP contribution in [0.25, 0.3) is 10.9 Å². The molecule has 0 atom stereocenters. The van der Waals surface area contributed by atoms with Crippen LogP contribution in [0, 0.1) is 11.8 Å². The lowest BCUT2D eigenvalue weighted by atomic mass is 9.78. The Hall–Kier alpha value is -2.95. The lowest BCUT2D eigenvalue weighted by molar-refractivity contribution is 0.0600. The third kappa shape index (κ3) is 7.05. The first-order valence-corrected chi connectivity index (χ1v) is 13.6. The second-order valence-corrected chi connectivity index (χ2v) is 10.6. The summed E-state index contributed by atoms with van der Waals surface area (Å²) in [5.74, 6) is 3.48. The lowest BCUT2D eigenvalue weighted by Gasteiger charge is -2.28. The van der Waals surface area contributed by atoms with Gasteiger partial charge in [-0.15, -0.1) is 0 Å². The molecule has 0 amide bonds. The number of anilines is 1. The number of carbonyl (C=O) groups excluding carboxylic acids is 1. The van der Waals surface area contributed by atoms with E-state index < -0.39 is 0 Å². The summed E-state index contributed by atoms with van der Waals surface area (Å²) in [6, 6.07) is 16.2. The molecule has 0 bridgehead atoms. The van der Waals surface area contributed by atoms with Crippen LogP contribution in [0.5, 0.6) is 0 Å². The Morgan fingerprint density at radius 1 is 0.889 bits per heavy atom. The zero-order valence-corrected chi connectivity index (χ0v) is 22.2. The van der Waals surface area contributed by atoms with E-state index in [0.29, 0.717) is 5.56 Å². The highest BCUT2D eigenvalue weighted by molar-refractivity contribution is 5.90.